The Morgan fingerprint density at radius 3 is 2.13 bits per heavy atom. The monoisotopic (exact) mass is 213 g/mol. The summed E-state index contributed by atoms with van der Waals surface area (Å²) in [5.41, 5.74) is -0.225. The second-order valence-corrected chi connectivity index (χ2v) is 5.41. The number of rotatable bonds is 5. The van der Waals surface area contributed by atoms with Crippen molar-refractivity contribution in [2.24, 2.45) is 0 Å². The standard InChI is InChI=1S/C13H27NO/c1-4-12(3,5-2)14-11-13(15)9-7-6-8-10-13/h14-15H,4-11H2,1-3H3. The largest absolute Gasteiger partial charge is 0.389 e. The van der Waals surface area contributed by atoms with Crippen LogP contribution >= 0.6 is 0 Å². The van der Waals surface area contributed by atoms with Gasteiger partial charge < -0.3 is 10.4 Å². The fraction of sp³-hybridized carbons (Fsp3) is 1.00. The Morgan fingerprint density at radius 1 is 1.13 bits per heavy atom. The summed E-state index contributed by atoms with van der Waals surface area (Å²) in [7, 11) is 0. The summed E-state index contributed by atoms with van der Waals surface area (Å²) in [5.74, 6) is 0. The van der Waals surface area contributed by atoms with Gasteiger partial charge in [-0.1, -0.05) is 33.1 Å². The van der Waals surface area contributed by atoms with Crippen LogP contribution in [0.2, 0.25) is 0 Å². The molecular weight excluding hydrogens is 186 g/mol. The Morgan fingerprint density at radius 2 is 1.67 bits per heavy atom. The van der Waals surface area contributed by atoms with Crippen molar-refractivity contribution in [1.29, 1.82) is 0 Å². The van der Waals surface area contributed by atoms with E-state index in [9.17, 15) is 5.11 Å². The highest BCUT2D eigenvalue weighted by atomic mass is 16.3. The van der Waals surface area contributed by atoms with E-state index in [1.54, 1.807) is 0 Å². The molecule has 0 aliphatic heterocycles. The van der Waals surface area contributed by atoms with Crippen molar-refractivity contribution in [2.75, 3.05) is 6.54 Å². The van der Waals surface area contributed by atoms with Gasteiger partial charge in [0, 0.05) is 12.1 Å². The van der Waals surface area contributed by atoms with E-state index in [-0.39, 0.29) is 5.54 Å². The Kier molecular flexibility index (Phi) is 4.60. The van der Waals surface area contributed by atoms with Crippen molar-refractivity contribution >= 4 is 0 Å². The molecule has 0 unspecified atom stereocenters. The van der Waals surface area contributed by atoms with Crippen LogP contribution in [0.1, 0.15) is 65.7 Å². The minimum absolute atomic E-state index is 0.202. The van der Waals surface area contributed by atoms with E-state index in [0.717, 1.165) is 32.2 Å². The summed E-state index contributed by atoms with van der Waals surface area (Å²) in [6.45, 7) is 7.44. The number of hydrogen-bond donors (Lipinski definition) is 2. The van der Waals surface area contributed by atoms with E-state index >= 15 is 0 Å². The van der Waals surface area contributed by atoms with Gasteiger partial charge in [-0.15, -0.1) is 0 Å². The summed E-state index contributed by atoms with van der Waals surface area (Å²) in [6, 6.07) is 0. The van der Waals surface area contributed by atoms with Gasteiger partial charge in [0.2, 0.25) is 0 Å². The molecule has 0 aromatic rings. The van der Waals surface area contributed by atoms with Crippen LogP contribution in [0.15, 0.2) is 0 Å². The van der Waals surface area contributed by atoms with Crippen LogP contribution in [-0.2, 0) is 0 Å². The molecule has 15 heavy (non-hydrogen) atoms. The van der Waals surface area contributed by atoms with E-state index < -0.39 is 5.60 Å². The van der Waals surface area contributed by atoms with Crippen LogP contribution in [0.4, 0.5) is 0 Å². The smallest absolute Gasteiger partial charge is 0.0771 e. The highest BCUT2D eigenvalue weighted by molar-refractivity contribution is 4.89. The molecule has 0 spiro atoms. The zero-order valence-electron chi connectivity index (χ0n) is 10.6. The third-order valence-corrected chi connectivity index (χ3v) is 4.19. The molecule has 0 aromatic heterocycles. The topological polar surface area (TPSA) is 32.3 Å². The molecule has 0 bridgehead atoms. The van der Waals surface area contributed by atoms with Crippen LogP contribution in [-0.4, -0.2) is 22.8 Å². The first kappa shape index (κ1) is 13.0. The number of aliphatic hydroxyl groups is 1. The van der Waals surface area contributed by atoms with Crippen LogP contribution in [0.25, 0.3) is 0 Å². The maximum Gasteiger partial charge on any atom is 0.0771 e. The van der Waals surface area contributed by atoms with E-state index in [1.807, 2.05) is 0 Å². The SMILES string of the molecule is CCC(C)(CC)NCC1(O)CCCCC1. The third kappa shape index (κ3) is 3.76. The number of β-amino-alcohol motifs (C(OH)–C–C–N with tert-alkyl or cyclic N) is 1. The molecule has 0 radical (unpaired) electrons. The summed E-state index contributed by atoms with van der Waals surface area (Å²) in [6.07, 6.45) is 7.87. The van der Waals surface area contributed by atoms with Crippen molar-refractivity contribution in [2.45, 2.75) is 76.9 Å². The summed E-state index contributed by atoms with van der Waals surface area (Å²) in [4.78, 5) is 0. The van der Waals surface area contributed by atoms with Crippen LogP contribution in [0.3, 0.4) is 0 Å². The van der Waals surface area contributed by atoms with Gasteiger partial charge in [0.25, 0.3) is 0 Å². The van der Waals surface area contributed by atoms with Gasteiger partial charge >= 0.3 is 0 Å². The van der Waals surface area contributed by atoms with E-state index in [1.165, 1.54) is 19.3 Å². The van der Waals surface area contributed by atoms with Gasteiger partial charge in [-0.25, -0.2) is 0 Å². The molecule has 0 amide bonds. The fourth-order valence-corrected chi connectivity index (χ4v) is 2.26. The maximum atomic E-state index is 10.4. The molecule has 0 heterocycles. The zero-order chi connectivity index (χ0) is 11.4. The normalized spacial score (nSPS) is 21.6. The first-order chi connectivity index (χ1) is 7.04. The molecule has 90 valence electrons. The minimum Gasteiger partial charge on any atom is -0.389 e. The van der Waals surface area contributed by atoms with Gasteiger partial charge in [0.15, 0.2) is 0 Å². The number of hydrogen-bond acceptors (Lipinski definition) is 2. The Labute approximate surface area is 94.5 Å². The van der Waals surface area contributed by atoms with Crippen LogP contribution < -0.4 is 5.32 Å². The predicted octanol–water partition coefficient (Wildman–Crippen LogP) is 2.85. The average Bonchev–Trinajstić information content (AvgIpc) is 2.27. The molecule has 0 saturated heterocycles. The molecule has 2 heteroatoms. The molecular formula is C13H27NO. The molecule has 1 aliphatic carbocycles. The molecule has 1 aliphatic rings. The predicted molar refractivity (Wildman–Crippen MR) is 65.0 cm³/mol. The summed E-state index contributed by atoms with van der Waals surface area (Å²) >= 11 is 0. The van der Waals surface area contributed by atoms with Crippen LogP contribution in [0, 0.1) is 0 Å². The van der Waals surface area contributed by atoms with Gasteiger partial charge in [0.05, 0.1) is 5.60 Å². The minimum atomic E-state index is -0.427. The first-order valence-corrected chi connectivity index (χ1v) is 6.51. The quantitative estimate of drug-likeness (QED) is 0.736. The Balaban J connectivity index is 2.40. The molecule has 1 saturated carbocycles. The van der Waals surface area contributed by atoms with Crippen molar-refractivity contribution in [3.8, 4) is 0 Å². The molecule has 1 fully saturated rings. The molecule has 1 rings (SSSR count). The Bertz CT molecular complexity index is 181. The van der Waals surface area contributed by atoms with Crippen molar-refractivity contribution in [1.82, 2.24) is 5.32 Å². The van der Waals surface area contributed by atoms with Gasteiger partial charge in [-0.3, -0.25) is 0 Å². The van der Waals surface area contributed by atoms with Gasteiger partial charge in [0.1, 0.15) is 0 Å². The molecule has 0 aromatic carbocycles. The lowest BCUT2D eigenvalue weighted by Crippen LogP contribution is -2.50. The molecule has 0 atom stereocenters. The molecule has 2 N–H and O–H groups in total. The maximum absolute atomic E-state index is 10.4. The number of nitrogens with one attached hydrogen (secondary N) is 1. The lowest BCUT2D eigenvalue weighted by atomic mass is 9.83. The van der Waals surface area contributed by atoms with Gasteiger partial charge in [-0.05, 0) is 32.6 Å². The van der Waals surface area contributed by atoms with E-state index in [2.05, 4.69) is 26.1 Å². The third-order valence-electron chi connectivity index (χ3n) is 4.19. The second kappa shape index (κ2) is 5.31. The average molecular weight is 213 g/mol. The van der Waals surface area contributed by atoms with Crippen molar-refractivity contribution in [3.05, 3.63) is 0 Å². The second-order valence-electron chi connectivity index (χ2n) is 5.41. The first-order valence-electron chi connectivity index (χ1n) is 6.51. The zero-order valence-corrected chi connectivity index (χ0v) is 10.6. The van der Waals surface area contributed by atoms with E-state index in [0.29, 0.717) is 0 Å². The lowest BCUT2D eigenvalue weighted by Gasteiger charge is -2.37. The van der Waals surface area contributed by atoms with Crippen molar-refractivity contribution in [3.63, 3.8) is 0 Å². The highest BCUT2D eigenvalue weighted by Gasteiger charge is 2.31. The van der Waals surface area contributed by atoms with E-state index in [4.69, 9.17) is 0 Å². The van der Waals surface area contributed by atoms with Crippen molar-refractivity contribution < 1.29 is 5.11 Å². The summed E-state index contributed by atoms with van der Waals surface area (Å²) in [5, 5.41) is 13.9. The van der Waals surface area contributed by atoms with Gasteiger partial charge in [-0.2, -0.15) is 0 Å². The highest BCUT2D eigenvalue weighted by Crippen LogP contribution is 2.28. The summed E-state index contributed by atoms with van der Waals surface area (Å²) < 4.78 is 0. The fourth-order valence-electron chi connectivity index (χ4n) is 2.26. The van der Waals surface area contributed by atoms with Crippen LogP contribution in [0.5, 0.6) is 0 Å². The molecule has 2 nitrogen and oxygen atoms in total. The Hall–Kier alpha value is -0.0800. The lowest BCUT2D eigenvalue weighted by molar-refractivity contribution is -0.00189.